The Hall–Kier alpha value is -2.70. The summed E-state index contributed by atoms with van der Waals surface area (Å²) < 4.78 is 24.6. The molecule has 0 radical (unpaired) electrons. The second-order valence-corrected chi connectivity index (χ2v) is 6.81. The molecule has 2 aromatic rings. The van der Waals surface area contributed by atoms with Crippen LogP contribution in [0.15, 0.2) is 30.3 Å². The zero-order chi connectivity index (χ0) is 19.2. The molecular formula is C20H24FN3O3. The number of nitrogens with one attached hydrogen (secondary N) is 1. The van der Waals surface area contributed by atoms with Gasteiger partial charge in [0.25, 0.3) is 5.91 Å². The number of para-hydroxylation sites is 1. The number of aryl methyl sites for hydroxylation is 2. The molecule has 0 saturated heterocycles. The molecule has 1 fully saturated rings. The van der Waals surface area contributed by atoms with Crippen LogP contribution in [0.5, 0.6) is 11.8 Å². The highest BCUT2D eigenvalue weighted by Crippen LogP contribution is 2.22. The number of amides is 1. The third kappa shape index (κ3) is 5.64. The number of rotatable bonds is 6. The molecule has 1 N–H and O–H groups in total. The SMILES string of the molecule is Cc1cc(C)nc(OC2CCC(NC(=O)COc3ccccc3F)CC2)n1. The lowest BCUT2D eigenvalue weighted by molar-refractivity contribution is -0.124. The Morgan fingerprint density at radius 1 is 1.15 bits per heavy atom. The Kier molecular flexibility index (Phi) is 6.21. The van der Waals surface area contributed by atoms with E-state index in [1.54, 1.807) is 12.1 Å². The van der Waals surface area contributed by atoms with Crippen LogP contribution in [-0.2, 0) is 4.79 Å². The average Bonchev–Trinajstić information content (AvgIpc) is 2.62. The highest BCUT2D eigenvalue weighted by Gasteiger charge is 2.24. The molecule has 0 atom stereocenters. The third-order valence-electron chi connectivity index (χ3n) is 4.47. The van der Waals surface area contributed by atoms with Crippen molar-refractivity contribution in [2.24, 2.45) is 0 Å². The van der Waals surface area contributed by atoms with Gasteiger partial charge in [0.1, 0.15) is 6.10 Å². The Morgan fingerprint density at radius 2 is 1.81 bits per heavy atom. The highest BCUT2D eigenvalue weighted by molar-refractivity contribution is 5.77. The van der Waals surface area contributed by atoms with Gasteiger partial charge in [-0.25, -0.2) is 14.4 Å². The molecular weight excluding hydrogens is 349 g/mol. The summed E-state index contributed by atoms with van der Waals surface area (Å²) in [6.07, 6.45) is 3.29. The average molecular weight is 373 g/mol. The molecule has 1 aliphatic rings. The maximum Gasteiger partial charge on any atom is 0.317 e. The van der Waals surface area contributed by atoms with E-state index in [1.165, 1.54) is 12.1 Å². The number of halogens is 1. The molecule has 0 aliphatic heterocycles. The predicted octanol–water partition coefficient (Wildman–Crippen LogP) is 3.12. The molecule has 6 nitrogen and oxygen atoms in total. The number of aromatic nitrogens is 2. The maximum atomic E-state index is 13.5. The van der Waals surface area contributed by atoms with E-state index in [1.807, 2.05) is 19.9 Å². The van der Waals surface area contributed by atoms with Gasteiger partial charge in [0.2, 0.25) is 0 Å². The molecule has 3 rings (SSSR count). The molecule has 1 heterocycles. The summed E-state index contributed by atoms with van der Waals surface area (Å²) in [7, 11) is 0. The number of hydrogen-bond acceptors (Lipinski definition) is 5. The monoisotopic (exact) mass is 373 g/mol. The lowest BCUT2D eigenvalue weighted by Gasteiger charge is -2.29. The molecule has 0 unspecified atom stereocenters. The van der Waals surface area contributed by atoms with Crippen molar-refractivity contribution < 1.29 is 18.7 Å². The van der Waals surface area contributed by atoms with Crippen molar-refractivity contribution in [1.29, 1.82) is 0 Å². The second kappa shape index (κ2) is 8.79. The van der Waals surface area contributed by atoms with Gasteiger partial charge in [-0.15, -0.1) is 0 Å². The van der Waals surface area contributed by atoms with Crippen molar-refractivity contribution in [3.05, 3.63) is 47.5 Å². The molecule has 0 bridgehead atoms. The molecule has 1 saturated carbocycles. The summed E-state index contributed by atoms with van der Waals surface area (Å²) in [6.45, 7) is 3.63. The van der Waals surface area contributed by atoms with Gasteiger partial charge in [0.15, 0.2) is 18.2 Å². The van der Waals surface area contributed by atoms with Gasteiger partial charge in [-0.1, -0.05) is 12.1 Å². The second-order valence-electron chi connectivity index (χ2n) is 6.81. The van der Waals surface area contributed by atoms with Crippen molar-refractivity contribution >= 4 is 5.91 Å². The largest absolute Gasteiger partial charge is 0.481 e. The molecule has 1 aromatic heterocycles. The number of carbonyl (C=O) groups is 1. The minimum Gasteiger partial charge on any atom is -0.481 e. The van der Waals surface area contributed by atoms with Gasteiger partial charge < -0.3 is 14.8 Å². The summed E-state index contributed by atoms with van der Waals surface area (Å²) >= 11 is 0. The Balaban J connectivity index is 1.41. The van der Waals surface area contributed by atoms with Crippen LogP contribution in [0.2, 0.25) is 0 Å². The number of nitrogens with zero attached hydrogens (tertiary/aromatic N) is 2. The van der Waals surface area contributed by atoms with Gasteiger partial charge in [-0.3, -0.25) is 4.79 Å². The topological polar surface area (TPSA) is 73.3 Å². The van der Waals surface area contributed by atoms with Crippen LogP contribution in [-0.4, -0.2) is 34.6 Å². The van der Waals surface area contributed by atoms with Crippen LogP contribution in [0, 0.1) is 19.7 Å². The smallest absolute Gasteiger partial charge is 0.317 e. The highest BCUT2D eigenvalue weighted by atomic mass is 19.1. The van der Waals surface area contributed by atoms with E-state index in [0.717, 1.165) is 37.1 Å². The van der Waals surface area contributed by atoms with Gasteiger partial charge in [0.05, 0.1) is 0 Å². The van der Waals surface area contributed by atoms with Gasteiger partial charge in [-0.2, -0.15) is 0 Å². The Labute approximate surface area is 158 Å². The molecule has 1 amide bonds. The van der Waals surface area contributed by atoms with Gasteiger partial charge >= 0.3 is 6.01 Å². The van der Waals surface area contributed by atoms with Crippen molar-refractivity contribution in [1.82, 2.24) is 15.3 Å². The van der Waals surface area contributed by atoms with E-state index in [2.05, 4.69) is 15.3 Å². The summed E-state index contributed by atoms with van der Waals surface area (Å²) in [5.74, 6) is -0.643. The predicted molar refractivity (Wildman–Crippen MR) is 98.2 cm³/mol. The number of carbonyl (C=O) groups excluding carboxylic acids is 1. The summed E-state index contributed by atoms with van der Waals surface area (Å²) in [6, 6.07) is 8.43. The number of ether oxygens (including phenoxy) is 2. The number of benzene rings is 1. The molecule has 27 heavy (non-hydrogen) atoms. The normalized spacial score (nSPS) is 19.4. The van der Waals surface area contributed by atoms with E-state index in [0.29, 0.717) is 6.01 Å². The fourth-order valence-corrected chi connectivity index (χ4v) is 3.19. The molecule has 0 spiro atoms. The van der Waals surface area contributed by atoms with Crippen LogP contribution in [0.25, 0.3) is 0 Å². The van der Waals surface area contributed by atoms with Crippen molar-refractivity contribution in [2.45, 2.75) is 51.7 Å². The first kappa shape index (κ1) is 19.1. The fraction of sp³-hybridized carbons (Fsp3) is 0.450. The lowest BCUT2D eigenvalue weighted by atomic mass is 9.93. The van der Waals surface area contributed by atoms with Crippen LogP contribution < -0.4 is 14.8 Å². The fourth-order valence-electron chi connectivity index (χ4n) is 3.19. The van der Waals surface area contributed by atoms with E-state index >= 15 is 0 Å². The zero-order valence-corrected chi connectivity index (χ0v) is 15.6. The first-order chi connectivity index (χ1) is 13.0. The summed E-state index contributed by atoms with van der Waals surface area (Å²) in [5, 5.41) is 2.94. The van der Waals surface area contributed by atoms with Crippen molar-refractivity contribution in [3.63, 3.8) is 0 Å². The van der Waals surface area contributed by atoms with Crippen LogP contribution in [0.4, 0.5) is 4.39 Å². The lowest BCUT2D eigenvalue weighted by Crippen LogP contribution is -2.41. The van der Waals surface area contributed by atoms with Crippen molar-refractivity contribution in [2.75, 3.05) is 6.61 Å². The van der Waals surface area contributed by atoms with Crippen LogP contribution in [0.1, 0.15) is 37.1 Å². The van der Waals surface area contributed by atoms with E-state index < -0.39 is 5.82 Å². The third-order valence-corrected chi connectivity index (χ3v) is 4.47. The molecule has 144 valence electrons. The van der Waals surface area contributed by atoms with E-state index in [4.69, 9.17) is 9.47 Å². The minimum absolute atomic E-state index is 0.0500. The van der Waals surface area contributed by atoms with E-state index in [9.17, 15) is 9.18 Å². The number of hydrogen-bond donors (Lipinski definition) is 1. The van der Waals surface area contributed by atoms with Gasteiger partial charge in [-0.05, 0) is 57.7 Å². The maximum absolute atomic E-state index is 13.5. The Bertz CT molecular complexity index is 772. The molecule has 1 aliphatic carbocycles. The van der Waals surface area contributed by atoms with Crippen LogP contribution in [0.3, 0.4) is 0 Å². The van der Waals surface area contributed by atoms with Crippen molar-refractivity contribution in [3.8, 4) is 11.8 Å². The molecule has 1 aromatic carbocycles. The van der Waals surface area contributed by atoms with E-state index in [-0.39, 0.29) is 30.4 Å². The minimum atomic E-state index is -0.475. The zero-order valence-electron chi connectivity index (χ0n) is 15.6. The summed E-state index contributed by atoms with van der Waals surface area (Å²) in [5.41, 5.74) is 1.77. The standard InChI is InChI=1S/C20H24FN3O3/c1-13-11-14(2)23-20(22-13)27-16-9-7-15(8-10-16)24-19(25)12-26-18-6-4-3-5-17(18)21/h3-6,11,15-16H,7-10,12H2,1-2H3,(H,24,25). The Morgan fingerprint density at radius 3 is 2.48 bits per heavy atom. The van der Waals surface area contributed by atoms with Gasteiger partial charge in [0, 0.05) is 17.4 Å². The van der Waals surface area contributed by atoms with Crippen LogP contribution >= 0.6 is 0 Å². The quantitative estimate of drug-likeness (QED) is 0.842. The molecule has 7 heteroatoms. The summed E-state index contributed by atoms with van der Waals surface area (Å²) in [4.78, 5) is 20.6. The first-order valence-electron chi connectivity index (χ1n) is 9.15. The first-order valence-corrected chi connectivity index (χ1v) is 9.15.